The minimum atomic E-state index is -0.0825. The van der Waals surface area contributed by atoms with Crippen LogP contribution in [0.15, 0.2) is 12.2 Å². The SMILES string of the molecule is CCC1OC1CCCCCCC/C=C\CCCCCCC(=O)OC. The Morgan fingerprint density at radius 2 is 1.46 bits per heavy atom. The van der Waals surface area contributed by atoms with Crippen LogP contribution < -0.4 is 0 Å². The van der Waals surface area contributed by atoms with Crippen LogP contribution in [0.25, 0.3) is 0 Å². The number of hydrogen-bond donors (Lipinski definition) is 0. The number of ether oxygens (including phenoxy) is 2. The van der Waals surface area contributed by atoms with Gasteiger partial charge in [0.15, 0.2) is 0 Å². The summed E-state index contributed by atoms with van der Waals surface area (Å²) in [6.07, 6.45) is 22.6. The molecule has 1 aliphatic heterocycles. The van der Waals surface area contributed by atoms with E-state index >= 15 is 0 Å². The van der Waals surface area contributed by atoms with Crippen molar-refractivity contribution in [3.05, 3.63) is 12.2 Å². The van der Waals surface area contributed by atoms with E-state index in [-0.39, 0.29) is 5.97 Å². The number of unbranched alkanes of at least 4 members (excludes halogenated alkanes) is 9. The fraction of sp³-hybridized carbons (Fsp3) is 0.857. The molecule has 0 saturated carbocycles. The highest BCUT2D eigenvalue weighted by molar-refractivity contribution is 5.68. The number of methoxy groups -OCH3 is 1. The zero-order valence-corrected chi connectivity index (χ0v) is 15.9. The Kier molecular flexibility index (Phi) is 12.8. The van der Waals surface area contributed by atoms with E-state index < -0.39 is 0 Å². The Bertz CT molecular complexity index is 338. The second-order valence-electron chi connectivity index (χ2n) is 6.97. The fourth-order valence-corrected chi connectivity index (χ4v) is 3.15. The Morgan fingerprint density at radius 3 is 2.04 bits per heavy atom. The van der Waals surface area contributed by atoms with Crippen molar-refractivity contribution in [3.8, 4) is 0 Å². The van der Waals surface area contributed by atoms with Crippen molar-refractivity contribution < 1.29 is 14.3 Å². The predicted molar refractivity (Wildman–Crippen MR) is 100 cm³/mol. The van der Waals surface area contributed by atoms with Crippen LogP contribution in [0, 0.1) is 0 Å². The number of rotatable bonds is 16. The fourth-order valence-electron chi connectivity index (χ4n) is 3.15. The molecule has 3 nitrogen and oxygen atoms in total. The highest BCUT2D eigenvalue weighted by Gasteiger charge is 2.35. The van der Waals surface area contributed by atoms with Crippen LogP contribution in [0.2, 0.25) is 0 Å². The zero-order chi connectivity index (χ0) is 17.5. The lowest BCUT2D eigenvalue weighted by molar-refractivity contribution is -0.140. The maximum atomic E-state index is 10.9. The monoisotopic (exact) mass is 338 g/mol. The second-order valence-corrected chi connectivity index (χ2v) is 6.97. The number of epoxide rings is 1. The lowest BCUT2D eigenvalue weighted by atomic mass is 10.1. The molecule has 1 heterocycles. The third kappa shape index (κ3) is 11.7. The molecule has 1 fully saturated rings. The van der Waals surface area contributed by atoms with Crippen LogP contribution in [0.1, 0.15) is 96.8 Å². The minimum Gasteiger partial charge on any atom is -0.469 e. The molecule has 0 aromatic rings. The Labute approximate surface area is 149 Å². The number of hydrogen-bond acceptors (Lipinski definition) is 3. The molecule has 1 aliphatic rings. The van der Waals surface area contributed by atoms with Gasteiger partial charge in [0, 0.05) is 6.42 Å². The van der Waals surface area contributed by atoms with Crippen molar-refractivity contribution in [3.63, 3.8) is 0 Å². The van der Waals surface area contributed by atoms with Gasteiger partial charge in [0.1, 0.15) is 0 Å². The molecule has 0 amide bonds. The zero-order valence-electron chi connectivity index (χ0n) is 15.9. The topological polar surface area (TPSA) is 38.8 Å². The van der Waals surface area contributed by atoms with E-state index in [2.05, 4.69) is 23.8 Å². The van der Waals surface area contributed by atoms with Gasteiger partial charge in [-0.3, -0.25) is 4.79 Å². The maximum absolute atomic E-state index is 10.9. The van der Waals surface area contributed by atoms with Gasteiger partial charge in [-0.1, -0.05) is 57.6 Å². The number of allylic oxidation sites excluding steroid dienone is 2. The molecule has 2 atom stereocenters. The molecule has 1 saturated heterocycles. The molecule has 0 spiro atoms. The first-order valence-electron chi connectivity index (χ1n) is 10.1. The molecule has 0 aliphatic carbocycles. The van der Waals surface area contributed by atoms with E-state index in [1.807, 2.05) is 0 Å². The first-order chi connectivity index (χ1) is 11.8. The lowest BCUT2D eigenvalue weighted by Gasteiger charge is -2.00. The summed E-state index contributed by atoms with van der Waals surface area (Å²) in [7, 11) is 1.46. The molecule has 24 heavy (non-hydrogen) atoms. The largest absolute Gasteiger partial charge is 0.469 e. The quantitative estimate of drug-likeness (QED) is 0.151. The van der Waals surface area contributed by atoms with Crippen LogP contribution in [-0.2, 0) is 14.3 Å². The molecule has 0 aromatic carbocycles. The van der Waals surface area contributed by atoms with Crippen molar-refractivity contribution in [2.75, 3.05) is 7.11 Å². The van der Waals surface area contributed by atoms with E-state index in [1.54, 1.807) is 0 Å². The molecule has 0 bridgehead atoms. The molecule has 2 unspecified atom stereocenters. The summed E-state index contributed by atoms with van der Waals surface area (Å²) >= 11 is 0. The van der Waals surface area contributed by atoms with Gasteiger partial charge >= 0.3 is 5.97 Å². The number of carbonyl (C=O) groups is 1. The summed E-state index contributed by atoms with van der Waals surface area (Å²) in [4.78, 5) is 10.9. The standard InChI is InChI=1S/C21H38O3/c1-3-19-20(24-19)17-15-13-11-9-7-5-4-6-8-10-12-14-16-18-21(22)23-2/h4,6,19-20H,3,5,7-18H2,1-2H3/b6-4-. The van der Waals surface area contributed by atoms with Gasteiger partial charge < -0.3 is 9.47 Å². The summed E-state index contributed by atoms with van der Waals surface area (Å²) in [6, 6.07) is 0. The molecule has 0 aromatic heterocycles. The Balaban J connectivity index is 1.72. The van der Waals surface area contributed by atoms with E-state index in [0.717, 1.165) is 12.8 Å². The lowest BCUT2D eigenvalue weighted by Crippen LogP contribution is -1.98. The summed E-state index contributed by atoms with van der Waals surface area (Å²) in [5, 5.41) is 0. The predicted octanol–water partition coefficient (Wildman–Crippen LogP) is 5.96. The molecule has 140 valence electrons. The van der Waals surface area contributed by atoms with Crippen LogP contribution in [0.4, 0.5) is 0 Å². The van der Waals surface area contributed by atoms with Crippen molar-refractivity contribution in [1.82, 2.24) is 0 Å². The van der Waals surface area contributed by atoms with E-state index in [1.165, 1.54) is 77.7 Å². The molecule has 3 heteroatoms. The van der Waals surface area contributed by atoms with Gasteiger partial charge in [0.25, 0.3) is 0 Å². The minimum absolute atomic E-state index is 0.0825. The first-order valence-corrected chi connectivity index (χ1v) is 10.1. The molecular formula is C21H38O3. The second kappa shape index (κ2) is 14.5. The third-order valence-electron chi connectivity index (χ3n) is 4.85. The number of esters is 1. The van der Waals surface area contributed by atoms with Crippen LogP contribution in [-0.4, -0.2) is 25.3 Å². The van der Waals surface area contributed by atoms with Crippen molar-refractivity contribution in [2.45, 2.75) is 109 Å². The smallest absolute Gasteiger partial charge is 0.305 e. The highest BCUT2D eigenvalue weighted by atomic mass is 16.6. The molecule has 0 radical (unpaired) electrons. The van der Waals surface area contributed by atoms with E-state index in [9.17, 15) is 4.79 Å². The number of carbonyl (C=O) groups excluding carboxylic acids is 1. The van der Waals surface area contributed by atoms with Gasteiger partial charge in [0.2, 0.25) is 0 Å². The average Bonchev–Trinajstić information content (AvgIpc) is 3.36. The van der Waals surface area contributed by atoms with Gasteiger partial charge in [-0.15, -0.1) is 0 Å². The summed E-state index contributed by atoms with van der Waals surface area (Å²) in [5.41, 5.74) is 0. The summed E-state index contributed by atoms with van der Waals surface area (Å²) in [5.74, 6) is -0.0825. The highest BCUT2D eigenvalue weighted by Crippen LogP contribution is 2.29. The van der Waals surface area contributed by atoms with Crippen molar-refractivity contribution >= 4 is 5.97 Å². The van der Waals surface area contributed by atoms with Crippen molar-refractivity contribution in [1.29, 1.82) is 0 Å². The molecule has 1 rings (SSSR count). The maximum Gasteiger partial charge on any atom is 0.305 e. The first kappa shape index (κ1) is 21.2. The average molecular weight is 339 g/mol. The van der Waals surface area contributed by atoms with E-state index in [4.69, 9.17) is 4.74 Å². The van der Waals surface area contributed by atoms with Gasteiger partial charge in [-0.2, -0.15) is 0 Å². The van der Waals surface area contributed by atoms with Gasteiger partial charge in [-0.05, 0) is 44.9 Å². The van der Waals surface area contributed by atoms with Gasteiger partial charge in [-0.25, -0.2) is 0 Å². The van der Waals surface area contributed by atoms with E-state index in [0.29, 0.717) is 18.6 Å². The van der Waals surface area contributed by atoms with Crippen LogP contribution in [0.5, 0.6) is 0 Å². The Hall–Kier alpha value is -0.830. The van der Waals surface area contributed by atoms with Crippen molar-refractivity contribution in [2.24, 2.45) is 0 Å². The van der Waals surface area contributed by atoms with Crippen LogP contribution in [0.3, 0.4) is 0 Å². The summed E-state index contributed by atoms with van der Waals surface area (Å²) in [6.45, 7) is 2.21. The van der Waals surface area contributed by atoms with Crippen LogP contribution >= 0.6 is 0 Å². The molecule has 0 N–H and O–H groups in total. The molecular weight excluding hydrogens is 300 g/mol. The third-order valence-corrected chi connectivity index (χ3v) is 4.85. The van der Waals surface area contributed by atoms with Gasteiger partial charge in [0.05, 0.1) is 19.3 Å². The normalized spacial score (nSPS) is 19.8. The Morgan fingerprint density at radius 1 is 0.875 bits per heavy atom. The summed E-state index contributed by atoms with van der Waals surface area (Å²) < 4.78 is 10.2.